The molecule has 0 rings (SSSR count). The molecule has 0 aromatic heterocycles. The van der Waals surface area contributed by atoms with Crippen LogP contribution in [0.15, 0.2) is 0 Å². The molecule has 0 saturated heterocycles. The van der Waals surface area contributed by atoms with Gasteiger partial charge in [0.25, 0.3) is 0 Å². The Morgan fingerprint density at radius 2 is 1.89 bits per heavy atom. The Morgan fingerprint density at radius 1 is 1.28 bits per heavy atom. The molecule has 0 amide bonds. The highest BCUT2D eigenvalue weighted by atomic mass is 16.5. The van der Waals surface area contributed by atoms with Gasteiger partial charge in [-0.3, -0.25) is 4.79 Å². The van der Waals surface area contributed by atoms with Crippen molar-refractivity contribution < 1.29 is 19.4 Å². The standard InChI is InChI=1S/C13H27NO4/c1-9(2)6-10(3)18-8-12(15)7-14-11(4)13(16)17-5/h9-12,14-15H,6-8H2,1-5H3. The smallest absolute Gasteiger partial charge is 0.322 e. The van der Waals surface area contributed by atoms with Gasteiger partial charge in [0.2, 0.25) is 0 Å². The predicted octanol–water partition coefficient (Wildman–Crippen LogP) is 0.950. The summed E-state index contributed by atoms with van der Waals surface area (Å²) in [5.74, 6) is 0.242. The van der Waals surface area contributed by atoms with E-state index in [1.807, 2.05) is 6.92 Å². The van der Waals surface area contributed by atoms with Crippen molar-refractivity contribution in [3.63, 3.8) is 0 Å². The zero-order valence-corrected chi connectivity index (χ0v) is 12.1. The first-order valence-electron chi connectivity index (χ1n) is 6.47. The van der Waals surface area contributed by atoms with Gasteiger partial charge in [0, 0.05) is 6.54 Å². The Labute approximate surface area is 110 Å². The minimum Gasteiger partial charge on any atom is -0.468 e. The van der Waals surface area contributed by atoms with Gasteiger partial charge in [-0.1, -0.05) is 13.8 Å². The van der Waals surface area contributed by atoms with Crippen LogP contribution in [-0.4, -0.2) is 49.6 Å². The molecule has 5 nitrogen and oxygen atoms in total. The number of carbonyl (C=O) groups is 1. The molecule has 18 heavy (non-hydrogen) atoms. The van der Waals surface area contributed by atoms with Gasteiger partial charge >= 0.3 is 5.97 Å². The molecule has 0 aliphatic rings. The number of hydrogen-bond acceptors (Lipinski definition) is 5. The summed E-state index contributed by atoms with van der Waals surface area (Å²) in [4.78, 5) is 11.1. The largest absolute Gasteiger partial charge is 0.468 e. The fourth-order valence-corrected chi connectivity index (χ4v) is 1.64. The van der Waals surface area contributed by atoms with Crippen LogP contribution in [0.1, 0.15) is 34.1 Å². The average molecular weight is 261 g/mol. The molecule has 0 aliphatic carbocycles. The van der Waals surface area contributed by atoms with Crippen LogP contribution in [0.25, 0.3) is 0 Å². The van der Waals surface area contributed by atoms with E-state index in [0.717, 1.165) is 6.42 Å². The molecule has 0 aliphatic heterocycles. The SMILES string of the molecule is COC(=O)C(C)NCC(O)COC(C)CC(C)C. The molecule has 0 heterocycles. The van der Waals surface area contributed by atoms with Gasteiger partial charge in [0.1, 0.15) is 6.04 Å². The monoisotopic (exact) mass is 261 g/mol. The van der Waals surface area contributed by atoms with Crippen molar-refractivity contribution in [3.8, 4) is 0 Å². The maximum atomic E-state index is 11.1. The third-order valence-electron chi connectivity index (χ3n) is 2.59. The number of carbonyl (C=O) groups excluding carboxylic acids is 1. The minimum atomic E-state index is -0.619. The summed E-state index contributed by atoms with van der Waals surface area (Å²) in [5.41, 5.74) is 0. The van der Waals surface area contributed by atoms with Crippen LogP contribution in [0.4, 0.5) is 0 Å². The van der Waals surface area contributed by atoms with Gasteiger partial charge in [-0.25, -0.2) is 0 Å². The van der Waals surface area contributed by atoms with E-state index in [0.29, 0.717) is 12.5 Å². The molecule has 0 bridgehead atoms. The van der Waals surface area contributed by atoms with E-state index in [9.17, 15) is 9.90 Å². The Balaban J connectivity index is 3.71. The Kier molecular flexibility index (Phi) is 8.97. The second-order valence-corrected chi connectivity index (χ2v) is 5.08. The topological polar surface area (TPSA) is 67.8 Å². The van der Waals surface area contributed by atoms with E-state index in [1.165, 1.54) is 7.11 Å². The fraction of sp³-hybridized carbons (Fsp3) is 0.923. The molecule has 5 heteroatoms. The molecule has 0 radical (unpaired) electrons. The molecule has 0 spiro atoms. The lowest BCUT2D eigenvalue weighted by atomic mass is 10.1. The van der Waals surface area contributed by atoms with Crippen molar-refractivity contribution >= 4 is 5.97 Å². The van der Waals surface area contributed by atoms with Gasteiger partial charge in [-0.15, -0.1) is 0 Å². The lowest BCUT2D eigenvalue weighted by Gasteiger charge is -2.19. The van der Waals surface area contributed by atoms with Crippen molar-refractivity contribution in [2.75, 3.05) is 20.3 Å². The van der Waals surface area contributed by atoms with Crippen LogP contribution in [0.3, 0.4) is 0 Å². The first-order chi connectivity index (χ1) is 8.36. The van der Waals surface area contributed by atoms with Crippen molar-refractivity contribution in [3.05, 3.63) is 0 Å². The number of aliphatic hydroxyl groups is 1. The highest BCUT2D eigenvalue weighted by molar-refractivity contribution is 5.75. The van der Waals surface area contributed by atoms with Gasteiger partial charge in [0.05, 0.1) is 25.9 Å². The molecule has 0 aromatic carbocycles. The Morgan fingerprint density at radius 3 is 2.39 bits per heavy atom. The maximum Gasteiger partial charge on any atom is 0.322 e. The van der Waals surface area contributed by atoms with E-state index in [1.54, 1.807) is 6.92 Å². The minimum absolute atomic E-state index is 0.137. The number of hydrogen-bond donors (Lipinski definition) is 2. The number of nitrogens with one attached hydrogen (secondary N) is 1. The quantitative estimate of drug-likeness (QED) is 0.605. The highest BCUT2D eigenvalue weighted by Crippen LogP contribution is 2.07. The van der Waals surface area contributed by atoms with Gasteiger partial charge < -0.3 is 19.9 Å². The molecular formula is C13H27NO4. The first-order valence-corrected chi connectivity index (χ1v) is 6.47. The van der Waals surface area contributed by atoms with Crippen LogP contribution in [-0.2, 0) is 14.3 Å². The van der Waals surface area contributed by atoms with Crippen molar-refractivity contribution in [1.82, 2.24) is 5.32 Å². The number of rotatable bonds is 9. The maximum absolute atomic E-state index is 11.1. The average Bonchev–Trinajstić information content (AvgIpc) is 2.31. The van der Waals surface area contributed by atoms with Crippen LogP contribution in [0.2, 0.25) is 0 Å². The number of esters is 1. The second kappa shape index (κ2) is 9.30. The van der Waals surface area contributed by atoms with E-state index >= 15 is 0 Å². The molecule has 0 aromatic rings. The van der Waals surface area contributed by atoms with Gasteiger partial charge in [-0.2, -0.15) is 0 Å². The lowest BCUT2D eigenvalue weighted by Crippen LogP contribution is -2.41. The van der Waals surface area contributed by atoms with E-state index in [-0.39, 0.29) is 18.7 Å². The third kappa shape index (κ3) is 8.44. The predicted molar refractivity (Wildman–Crippen MR) is 70.4 cm³/mol. The van der Waals surface area contributed by atoms with Crippen LogP contribution < -0.4 is 5.32 Å². The zero-order valence-electron chi connectivity index (χ0n) is 12.1. The van der Waals surface area contributed by atoms with Crippen LogP contribution in [0.5, 0.6) is 0 Å². The molecule has 3 unspecified atom stereocenters. The lowest BCUT2D eigenvalue weighted by molar-refractivity contribution is -0.142. The molecule has 0 fully saturated rings. The zero-order chi connectivity index (χ0) is 14.1. The summed E-state index contributed by atoms with van der Waals surface area (Å²) in [5, 5.41) is 12.6. The summed E-state index contributed by atoms with van der Waals surface area (Å²) in [6, 6.07) is -0.419. The summed E-state index contributed by atoms with van der Waals surface area (Å²) in [6.45, 7) is 8.54. The van der Waals surface area contributed by atoms with E-state index < -0.39 is 12.1 Å². The molecule has 3 atom stereocenters. The highest BCUT2D eigenvalue weighted by Gasteiger charge is 2.15. The molecule has 108 valence electrons. The van der Waals surface area contributed by atoms with Crippen molar-refractivity contribution in [2.24, 2.45) is 5.92 Å². The Hall–Kier alpha value is -0.650. The molecule has 2 N–H and O–H groups in total. The van der Waals surface area contributed by atoms with E-state index in [4.69, 9.17) is 4.74 Å². The fourth-order valence-electron chi connectivity index (χ4n) is 1.64. The third-order valence-corrected chi connectivity index (χ3v) is 2.59. The van der Waals surface area contributed by atoms with Crippen molar-refractivity contribution in [2.45, 2.75) is 52.4 Å². The van der Waals surface area contributed by atoms with Crippen molar-refractivity contribution in [1.29, 1.82) is 0 Å². The summed E-state index contributed by atoms with van der Waals surface area (Å²) < 4.78 is 10.1. The number of aliphatic hydroxyl groups excluding tert-OH is 1. The summed E-state index contributed by atoms with van der Waals surface area (Å²) in [6.07, 6.45) is 0.489. The molecule has 0 saturated carbocycles. The van der Waals surface area contributed by atoms with Gasteiger partial charge in [0.15, 0.2) is 0 Å². The number of ether oxygens (including phenoxy) is 2. The first kappa shape index (κ1) is 17.4. The number of methoxy groups -OCH3 is 1. The van der Waals surface area contributed by atoms with Gasteiger partial charge in [-0.05, 0) is 26.2 Å². The van der Waals surface area contributed by atoms with Crippen LogP contribution >= 0.6 is 0 Å². The summed E-state index contributed by atoms with van der Waals surface area (Å²) >= 11 is 0. The van der Waals surface area contributed by atoms with E-state index in [2.05, 4.69) is 23.9 Å². The summed E-state index contributed by atoms with van der Waals surface area (Å²) in [7, 11) is 1.34. The normalized spacial score (nSPS) is 16.4. The van der Waals surface area contributed by atoms with Crippen LogP contribution in [0, 0.1) is 5.92 Å². The second-order valence-electron chi connectivity index (χ2n) is 5.08. The molecular weight excluding hydrogens is 234 g/mol. The Bertz CT molecular complexity index is 233.